The molecule has 1 heterocycles. The molecule has 19 heavy (non-hydrogen) atoms. The highest BCUT2D eigenvalue weighted by Crippen LogP contribution is 2.38. The number of aliphatic imine (C=N–C) groups is 1. The summed E-state index contributed by atoms with van der Waals surface area (Å²) in [6.07, 6.45) is 5.32. The molecule has 0 aliphatic carbocycles. The van der Waals surface area contributed by atoms with Crippen LogP contribution < -0.4 is 9.47 Å². The molecule has 3 nitrogen and oxygen atoms in total. The van der Waals surface area contributed by atoms with Gasteiger partial charge in [0.1, 0.15) is 13.2 Å². The molecule has 4 heteroatoms. The van der Waals surface area contributed by atoms with E-state index in [0.29, 0.717) is 19.3 Å². The molecule has 0 fully saturated rings. The molecule has 0 saturated carbocycles. The Morgan fingerprint density at radius 2 is 2.11 bits per heavy atom. The van der Waals surface area contributed by atoms with Gasteiger partial charge >= 0.3 is 0 Å². The summed E-state index contributed by atoms with van der Waals surface area (Å²) in [5.41, 5.74) is 1.05. The van der Waals surface area contributed by atoms with Crippen molar-refractivity contribution >= 4 is 22.1 Å². The number of nitrogens with zero attached hydrogens (tertiary/aromatic N) is 1. The van der Waals surface area contributed by atoms with E-state index in [2.05, 4.69) is 34.8 Å². The number of hydrogen-bond donors (Lipinski definition) is 0. The zero-order valence-corrected chi connectivity index (χ0v) is 13.1. The number of fused-ring (bicyclic) bond motifs is 1. The first-order chi connectivity index (χ1) is 9.24. The average molecular weight is 326 g/mol. The predicted molar refractivity (Wildman–Crippen MR) is 81.7 cm³/mol. The number of ether oxygens (including phenoxy) is 2. The molecule has 0 N–H and O–H groups in total. The number of rotatable bonds is 5. The molecular formula is C15H20BrNO2. The maximum absolute atomic E-state index is 5.61. The number of hydrogen-bond acceptors (Lipinski definition) is 3. The summed E-state index contributed by atoms with van der Waals surface area (Å²) in [5.74, 6) is 1.59. The van der Waals surface area contributed by atoms with E-state index in [0.717, 1.165) is 34.4 Å². The third-order valence-electron chi connectivity index (χ3n) is 3.15. The van der Waals surface area contributed by atoms with Crippen LogP contribution >= 0.6 is 15.9 Å². The third-order valence-corrected chi connectivity index (χ3v) is 3.74. The van der Waals surface area contributed by atoms with Crippen molar-refractivity contribution in [3.63, 3.8) is 0 Å². The van der Waals surface area contributed by atoms with Crippen molar-refractivity contribution in [3.8, 4) is 11.5 Å². The second-order valence-corrected chi connectivity index (χ2v) is 5.51. The summed E-state index contributed by atoms with van der Waals surface area (Å²) in [6.45, 7) is 5.58. The van der Waals surface area contributed by atoms with Crippen LogP contribution in [-0.4, -0.2) is 25.5 Å². The lowest BCUT2D eigenvalue weighted by atomic mass is 10.1. The van der Waals surface area contributed by atoms with E-state index in [1.807, 2.05) is 18.3 Å². The average Bonchev–Trinajstić information content (AvgIpc) is 2.43. The molecule has 0 amide bonds. The van der Waals surface area contributed by atoms with Crippen LogP contribution in [0.2, 0.25) is 0 Å². The van der Waals surface area contributed by atoms with Gasteiger partial charge in [0.05, 0.1) is 4.47 Å². The highest BCUT2D eigenvalue weighted by Gasteiger charge is 2.15. The Balaban J connectivity index is 2.16. The van der Waals surface area contributed by atoms with Gasteiger partial charge < -0.3 is 9.47 Å². The van der Waals surface area contributed by atoms with Gasteiger partial charge in [-0.2, -0.15) is 0 Å². The van der Waals surface area contributed by atoms with E-state index in [-0.39, 0.29) is 0 Å². The molecule has 1 aromatic rings. The highest BCUT2D eigenvalue weighted by molar-refractivity contribution is 9.10. The van der Waals surface area contributed by atoms with Gasteiger partial charge in [-0.3, -0.25) is 4.99 Å². The Hall–Kier alpha value is -1.03. The topological polar surface area (TPSA) is 30.8 Å². The fraction of sp³-hybridized carbons (Fsp3) is 0.533. The fourth-order valence-corrected chi connectivity index (χ4v) is 2.69. The molecule has 0 saturated heterocycles. The van der Waals surface area contributed by atoms with Crippen molar-refractivity contribution in [1.82, 2.24) is 0 Å². The van der Waals surface area contributed by atoms with Gasteiger partial charge in [0.2, 0.25) is 0 Å². The van der Waals surface area contributed by atoms with Gasteiger partial charge in [0.25, 0.3) is 0 Å². The standard InChI is InChI=1S/C15H20BrNO2/c1-3-5-12(4-2)17-10-11-8-13(16)15-14(9-11)18-6-7-19-15/h8-10,12H,3-7H2,1-2H3. The Kier molecular flexibility index (Phi) is 5.25. The lowest BCUT2D eigenvalue weighted by Crippen LogP contribution is -2.16. The molecule has 1 aromatic carbocycles. The lowest BCUT2D eigenvalue weighted by molar-refractivity contribution is 0.170. The predicted octanol–water partition coefficient (Wildman–Crippen LogP) is 4.22. The maximum atomic E-state index is 5.61. The molecule has 0 bridgehead atoms. The highest BCUT2D eigenvalue weighted by atomic mass is 79.9. The first kappa shape index (κ1) is 14.4. The third kappa shape index (κ3) is 3.72. The quantitative estimate of drug-likeness (QED) is 0.759. The first-order valence-corrected chi connectivity index (χ1v) is 7.66. The Morgan fingerprint density at radius 1 is 1.32 bits per heavy atom. The largest absolute Gasteiger partial charge is 0.486 e. The van der Waals surface area contributed by atoms with Crippen LogP contribution in [0, 0.1) is 0 Å². The van der Waals surface area contributed by atoms with Gasteiger partial charge in [-0.1, -0.05) is 20.3 Å². The van der Waals surface area contributed by atoms with Crippen LogP contribution in [0.15, 0.2) is 21.6 Å². The molecule has 1 unspecified atom stereocenters. The minimum atomic E-state index is 0.414. The SMILES string of the molecule is CCCC(CC)N=Cc1cc(Br)c2c(c1)OCCO2. The van der Waals surface area contributed by atoms with Gasteiger partial charge in [-0.15, -0.1) is 0 Å². The molecule has 1 aliphatic rings. The lowest BCUT2D eigenvalue weighted by Gasteiger charge is -2.19. The van der Waals surface area contributed by atoms with Crippen LogP contribution in [0.1, 0.15) is 38.7 Å². The second kappa shape index (κ2) is 6.94. The summed E-state index contributed by atoms with van der Waals surface area (Å²) >= 11 is 3.52. The van der Waals surface area contributed by atoms with Crippen molar-refractivity contribution in [2.45, 2.75) is 39.2 Å². The Morgan fingerprint density at radius 3 is 2.84 bits per heavy atom. The van der Waals surface area contributed by atoms with Gasteiger partial charge in [-0.05, 0) is 46.5 Å². The molecule has 104 valence electrons. The van der Waals surface area contributed by atoms with E-state index in [4.69, 9.17) is 9.47 Å². The van der Waals surface area contributed by atoms with E-state index in [9.17, 15) is 0 Å². The summed E-state index contributed by atoms with van der Waals surface area (Å²) in [5, 5.41) is 0. The van der Waals surface area contributed by atoms with E-state index in [1.54, 1.807) is 0 Å². The summed E-state index contributed by atoms with van der Waals surface area (Å²) in [4.78, 5) is 4.65. The molecule has 1 atom stereocenters. The van der Waals surface area contributed by atoms with Crippen molar-refractivity contribution in [3.05, 3.63) is 22.2 Å². The van der Waals surface area contributed by atoms with Gasteiger partial charge in [-0.25, -0.2) is 0 Å². The van der Waals surface area contributed by atoms with Gasteiger partial charge in [0.15, 0.2) is 11.5 Å². The minimum absolute atomic E-state index is 0.414. The molecule has 1 aliphatic heterocycles. The number of benzene rings is 1. The van der Waals surface area contributed by atoms with Crippen LogP contribution in [-0.2, 0) is 0 Å². The van der Waals surface area contributed by atoms with Gasteiger partial charge in [0, 0.05) is 12.3 Å². The van der Waals surface area contributed by atoms with Crippen molar-refractivity contribution in [2.24, 2.45) is 4.99 Å². The second-order valence-electron chi connectivity index (χ2n) is 4.66. The Labute approximate surface area is 123 Å². The molecular weight excluding hydrogens is 306 g/mol. The van der Waals surface area contributed by atoms with Crippen LogP contribution in [0.3, 0.4) is 0 Å². The van der Waals surface area contributed by atoms with E-state index in [1.165, 1.54) is 6.42 Å². The zero-order valence-electron chi connectivity index (χ0n) is 11.5. The monoisotopic (exact) mass is 325 g/mol. The molecule has 0 aromatic heterocycles. The van der Waals surface area contributed by atoms with Crippen LogP contribution in [0.5, 0.6) is 11.5 Å². The molecule has 0 radical (unpaired) electrons. The van der Waals surface area contributed by atoms with Crippen molar-refractivity contribution in [2.75, 3.05) is 13.2 Å². The first-order valence-electron chi connectivity index (χ1n) is 6.87. The minimum Gasteiger partial charge on any atom is -0.486 e. The smallest absolute Gasteiger partial charge is 0.175 e. The normalized spacial score (nSPS) is 15.7. The maximum Gasteiger partial charge on any atom is 0.175 e. The number of halogens is 1. The molecule has 2 rings (SSSR count). The van der Waals surface area contributed by atoms with Crippen LogP contribution in [0.25, 0.3) is 0 Å². The van der Waals surface area contributed by atoms with Crippen molar-refractivity contribution < 1.29 is 9.47 Å². The summed E-state index contributed by atoms with van der Waals surface area (Å²) in [7, 11) is 0. The Bertz CT molecular complexity index is 460. The van der Waals surface area contributed by atoms with Crippen LogP contribution in [0.4, 0.5) is 0 Å². The summed E-state index contributed by atoms with van der Waals surface area (Å²) < 4.78 is 12.1. The zero-order chi connectivity index (χ0) is 13.7. The van der Waals surface area contributed by atoms with E-state index >= 15 is 0 Å². The fourth-order valence-electron chi connectivity index (χ4n) is 2.11. The molecule has 0 spiro atoms. The van der Waals surface area contributed by atoms with E-state index < -0.39 is 0 Å². The van der Waals surface area contributed by atoms with Crippen molar-refractivity contribution in [1.29, 1.82) is 0 Å². The summed E-state index contributed by atoms with van der Waals surface area (Å²) in [6, 6.07) is 4.42.